The molecule has 1 aromatic carbocycles. The maximum absolute atomic E-state index is 12.2. The maximum Gasteiger partial charge on any atom is 0.354 e. The summed E-state index contributed by atoms with van der Waals surface area (Å²) in [4.78, 5) is 14.7. The van der Waals surface area contributed by atoms with Crippen LogP contribution >= 0.6 is 0 Å². The molecule has 2 aromatic rings. The molecular formula is C12H10F2N2O2. The molecule has 6 heteroatoms. The van der Waals surface area contributed by atoms with Gasteiger partial charge in [-0.1, -0.05) is 24.3 Å². The van der Waals surface area contributed by atoms with Crippen LogP contribution in [-0.2, 0) is 0 Å². The van der Waals surface area contributed by atoms with E-state index in [9.17, 15) is 13.6 Å². The number of aromatic nitrogens is 1. The lowest BCUT2D eigenvalue weighted by Gasteiger charge is -2.09. The Morgan fingerprint density at radius 3 is 2.78 bits per heavy atom. The predicted octanol–water partition coefficient (Wildman–Crippen LogP) is 2.61. The zero-order chi connectivity index (χ0) is 13.1. The summed E-state index contributed by atoms with van der Waals surface area (Å²) in [5.74, 6) is -1.04. The van der Waals surface area contributed by atoms with Crippen molar-refractivity contribution in [3.63, 3.8) is 0 Å². The lowest BCUT2D eigenvalue weighted by molar-refractivity contribution is 0.0691. The van der Waals surface area contributed by atoms with Gasteiger partial charge in [-0.05, 0) is 11.5 Å². The highest BCUT2D eigenvalue weighted by molar-refractivity contribution is 5.97. The monoisotopic (exact) mass is 252 g/mol. The van der Waals surface area contributed by atoms with Crippen LogP contribution in [0.1, 0.15) is 10.5 Å². The molecule has 4 nitrogen and oxygen atoms in total. The van der Waals surface area contributed by atoms with Crippen molar-refractivity contribution in [1.29, 1.82) is 0 Å². The van der Waals surface area contributed by atoms with Crippen molar-refractivity contribution < 1.29 is 18.7 Å². The molecule has 0 amide bonds. The number of carboxylic acids is 1. The number of halogens is 2. The van der Waals surface area contributed by atoms with Gasteiger partial charge in [0.1, 0.15) is 5.82 Å². The summed E-state index contributed by atoms with van der Waals surface area (Å²) in [5, 5.41) is 12.6. The Hall–Kier alpha value is -2.24. The Morgan fingerprint density at radius 2 is 2.11 bits per heavy atom. The SMILES string of the molecule is O=C(O)c1cc2ccccc2c(NCC(F)F)n1. The van der Waals surface area contributed by atoms with Crippen LogP contribution in [0.2, 0.25) is 0 Å². The van der Waals surface area contributed by atoms with Gasteiger partial charge in [-0.2, -0.15) is 0 Å². The molecule has 2 N–H and O–H groups in total. The number of aromatic carboxylic acids is 1. The molecule has 0 saturated heterocycles. The van der Waals surface area contributed by atoms with Crippen molar-refractivity contribution in [2.24, 2.45) is 0 Å². The Kier molecular flexibility index (Phi) is 3.36. The van der Waals surface area contributed by atoms with E-state index in [2.05, 4.69) is 10.3 Å². The van der Waals surface area contributed by atoms with Crippen LogP contribution in [0.25, 0.3) is 10.8 Å². The average molecular weight is 252 g/mol. The van der Waals surface area contributed by atoms with E-state index in [1.807, 2.05) is 0 Å². The summed E-state index contributed by atoms with van der Waals surface area (Å²) in [6.45, 7) is -0.569. The van der Waals surface area contributed by atoms with Crippen LogP contribution < -0.4 is 5.32 Å². The minimum Gasteiger partial charge on any atom is -0.477 e. The number of rotatable bonds is 4. The Bertz CT molecular complexity index is 587. The van der Waals surface area contributed by atoms with Gasteiger partial charge in [0.25, 0.3) is 6.43 Å². The normalized spacial score (nSPS) is 10.8. The first-order valence-electron chi connectivity index (χ1n) is 5.23. The van der Waals surface area contributed by atoms with Crippen molar-refractivity contribution in [3.8, 4) is 0 Å². The summed E-state index contributed by atoms with van der Waals surface area (Å²) in [5.41, 5.74) is -0.175. The highest BCUT2D eigenvalue weighted by atomic mass is 19.3. The number of nitrogens with zero attached hydrogens (tertiary/aromatic N) is 1. The van der Waals surface area contributed by atoms with Gasteiger partial charge in [0.2, 0.25) is 0 Å². The molecule has 0 aliphatic carbocycles. The number of carboxylic acid groups (broad SMARTS) is 1. The zero-order valence-electron chi connectivity index (χ0n) is 9.23. The van der Waals surface area contributed by atoms with Crippen LogP contribution in [-0.4, -0.2) is 29.0 Å². The van der Waals surface area contributed by atoms with Gasteiger partial charge in [-0.15, -0.1) is 0 Å². The van der Waals surface area contributed by atoms with Crippen molar-refractivity contribution in [1.82, 2.24) is 4.98 Å². The van der Waals surface area contributed by atoms with E-state index in [1.165, 1.54) is 6.07 Å². The third-order valence-electron chi connectivity index (χ3n) is 2.38. The van der Waals surface area contributed by atoms with Crippen molar-refractivity contribution in [2.45, 2.75) is 6.43 Å². The van der Waals surface area contributed by atoms with E-state index in [1.54, 1.807) is 24.3 Å². The third-order valence-corrected chi connectivity index (χ3v) is 2.38. The molecule has 0 aliphatic rings. The van der Waals surface area contributed by atoms with Gasteiger partial charge in [0.15, 0.2) is 5.69 Å². The lowest BCUT2D eigenvalue weighted by Crippen LogP contribution is -2.13. The average Bonchev–Trinajstić information content (AvgIpc) is 2.35. The molecule has 0 radical (unpaired) electrons. The highest BCUT2D eigenvalue weighted by Gasteiger charge is 2.11. The number of nitrogens with one attached hydrogen (secondary N) is 1. The number of alkyl halides is 2. The van der Waals surface area contributed by atoms with E-state index >= 15 is 0 Å². The van der Waals surface area contributed by atoms with E-state index in [4.69, 9.17) is 5.11 Å². The molecule has 2 rings (SSSR count). The van der Waals surface area contributed by atoms with Crippen molar-refractivity contribution in [2.75, 3.05) is 11.9 Å². The third kappa shape index (κ3) is 2.53. The summed E-state index contributed by atoms with van der Waals surface area (Å²) < 4.78 is 24.3. The Balaban J connectivity index is 2.50. The fraction of sp³-hybridized carbons (Fsp3) is 0.167. The zero-order valence-corrected chi connectivity index (χ0v) is 9.23. The first kappa shape index (κ1) is 12.2. The van der Waals surface area contributed by atoms with E-state index in [0.29, 0.717) is 10.8 Å². The van der Waals surface area contributed by atoms with Gasteiger partial charge in [0, 0.05) is 5.39 Å². The summed E-state index contributed by atoms with van der Waals surface area (Å²) in [6, 6.07) is 8.28. The van der Waals surface area contributed by atoms with E-state index in [0.717, 1.165) is 0 Å². The summed E-state index contributed by atoms with van der Waals surface area (Å²) >= 11 is 0. The molecule has 1 aromatic heterocycles. The minimum atomic E-state index is -2.53. The molecule has 0 spiro atoms. The molecule has 0 saturated carbocycles. The first-order chi connectivity index (χ1) is 8.58. The fourth-order valence-corrected chi connectivity index (χ4v) is 1.62. The second-order valence-electron chi connectivity index (χ2n) is 3.65. The number of hydrogen-bond donors (Lipinski definition) is 2. The summed E-state index contributed by atoms with van der Waals surface area (Å²) in [7, 11) is 0. The standard InChI is InChI=1S/C12H10F2N2O2/c13-10(14)6-15-11-8-4-2-1-3-7(8)5-9(16-11)12(17)18/h1-5,10H,6H2,(H,15,16)(H,17,18). The van der Waals surface area contributed by atoms with Gasteiger partial charge in [-0.3, -0.25) is 0 Å². The topological polar surface area (TPSA) is 62.2 Å². The van der Waals surface area contributed by atoms with Crippen molar-refractivity contribution >= 4 is 22.6 Å². The van der Waals surface area contributed by atoms with Crippen LogP contribution in [0.3, 0.4) is 0 Å². The van der Waals surface area contributed by atoms with Crippen LogP contribution in [0.15, 0.2) is 30.3 Å². The highest BCUT2D eigenvalue weighted by Crippen LogP contribution is 2.22. The number of fused-ring (bicyclic) bond motifs is 1. The predicted molar refractivity (Wildman–Crippen MR) is 63.2 cm³/mol. The quantitative estimate of drug-likeness (QED) is 0.878. The van der Waals surface area contributed by atoms with Gasteiger partial charge >= 0.3 is 5.97 Å². The fourth-order valence-electron chi connectivity index (χ4n) is 1.62. The molecule has 18 heavy (non-hydrogen) atoms. The van der Waals surface area contributed by atoms with Gasteiger partial charge in [-0.25, -0.2) is 18.6 Å². The Morgan fingerprint density at radius 1 is 1.39 bits per heavy atom. The van der Waals surface area contributed by atoms with Crippen LogP contribution in [0.4, 0.5) is 14.6 Å². The molecule has 0 bridgehead atoms. The number of benzene rings is 1. The largest absolute Gasteiger partial charge is 0.477 e. The van der Waals surface area contributed by atoms with Gasteiger partial charge in [0.05, 0.1) is 6.54 Å². The molecular weight excluding hydrogens is 242 g/mol. The maximum atomic E-state index is 12.2. The smallest absolute Gasteiger partial charge is 0.354 e. The number of hydrogen-bond acceptors (Lipinski definition) is 3. The lowest BCUT2D eigenvalue weighted by atomic mass is 10.1. The summed E-state index contributed by atoms with van der Waals surface area (Å²) in [6.07, 6.45) is -2.53. The molecule has 0 unspecified atom stereocenters. The molecule has 1 heterocycles. The second-order valence-corrected chi connectivity index (χ2v) is 3.65. The van der Waals surface area contributed by atoms with Crippen molar-refractivity contribution in [3.05, 3.63) is 36.0 Å². The number of carbonyl (C=O) groups is 1. The molecule has 94 valence electrons. The first-order valence-corrected chi connectivity index (χ1v) is 5.23. The van der Waals surface area contributed by atoms with Crippen LogP contribution in [0, 0.1) is 0 Å². The Labute approximate surface area is 101 Å². The molecule has 0 atom stereocenters. The molecule has 0 aliphatic heterocycles. The van der Waals surface area contributed by atoms with Crippen LogP contribution in [0.5, 0.6) is 0 Å². The number of anilines is 1. The molecule has 0 fully saturated rings. The minimum absolute atomic E-state index is 0.158. The van der Waals surface area contributed by atoms with E-state index < -0.39 is 18.9 Å². The van der Waals surface area contributed by atoms with Gasteiger partial charge < -0.3 is 10.4 Å². The second kappa shape index (κ2) is 4.95. The number of pyridine rings is 1. The van der Waals surface area contributed by atoms with E-state index in [-0.39, 0.29) is 11.5 Å².